The molecule has 2 amide bonds. The van der Waals surface area contributed by atoms with Gasteiger partial charge in [0.2, 0.25) is 0 Å². The largest absolute Gasteiger partial charge is 0.733 e. The molecule has 5 rings (SSSR count). The average Bonchev–Trinajstić information content (AvgIpc) is 3.37. The van der Waals surface area contributed by atoms with Gasteiger partial charge in [0.25, 0.3) is 11.8 Å². The molecule has 3 aromatic carbocycles. The smallest absolute Gasteiger partial charge is 0.270 e. The highest BCUT2D eigenvalue weighted by molar-refractivity contribution is 7.80. The summed E-state index contributed by atoms with van der Waals surface area (Å²) in [7, 11) is 0. The number of anilines is 2. The molecule has 1 aromatic heterocycles. The highest BCUT2D eigenvalue weighted by atomic mass is 32.1. The van der Waals surface area contributed by atoms with Crippen LogP contribution in [0, 0.1) is 5.21 Å². The van der Waals surface area contributed by atoms with Crippen LogP contribution in [0.3, 0.4) is 0 Å². The van der Waals surface area contributed by atoms with Crippen molar-refractivity contribution >= 4 is 46.6 Å². The fourth-order valence-electron chi connectivity index (χ4n) is 3.75. The number of furan rings is 1. The van der Waals surface area contributed by atoms with E-state index < -0.39 is 11.8 Å². The van der Waals surface area contributed by atoms with Crippen LogP contribution in [0.25, 0.3) is 17.4 Å². The molecule has 4 aromatic rings. The molecule has 2 N–H and O–H groups in total. The summed E-state index contributed by atoms with van der Waals surface area (Å²) in [5.74, 6) is 0.382. The van der Waals surface area contributed by atoms with E-state index in [4.69, 9.17) is 21.4 Å². The van der Waals surface area contributed by atoms with Gasteiger partial charge in [0.15, 0.2) is 5.11 Å². The van der Waals surface area contributed by atoms with Crippen LogP contribution in [0.1, 0.15) is 5.76 Å². The van der Waals surface area contributed by atoms with Gasteiger partial charge in [0.1, 0.15) is 28.6 Å². The van der Waals surface area contributed by atoms with Gasteiger partial charge in [-0.05, 0) is 79.0 Å². The Hall–Kier alpha value is -4.77. The standard InChI is InChI=1S/C27H18N3O6S/c31-25-22(16-20-14-15-24(36-20)21-8-4-5-9-23(21)30(33)34)26(32)29(27(37)28-25)17-10-12-19(13-11-17)35-18-6-2-1-3-7-18/h1-16,33H,(H,28,31,37)/q-1/b22-16+. The second-order valence-corrected chi connectivity index (χ2v) is 8.25. The number of benzene rings is 3. The Morgan fingerprint density at radius 1 is 0.919 bits per heavy atom. The molecule has 1 aliphatic rings. The van der Waals surface area contributed by atoms with Gasteiger partial charge in [-0.15, -0.1) is 0 Å². The molecule has 1 saturated heterocycles. The molecule has 0 bridgehead atoms. The Balaban J connectivity index is 1.40. The fraction of sp³-hybridized carbons (Fsp3) is 0. The maximum atomic E-state index is 13.3. The van der Waals surface area contributed by atoms with Gasteiger partial charge in [-0.1, -0.05) is 30.3 Å². The van der Waals surface area contributed by atoms with Crippen molar-refractivity contribution in [1.29, 1.82) is 0 Å². The zero-order valence-corrected chi connectivity index (χ0v) is 19.8. The van der Waals surface area contributed by atoms with Crippen molar-refractivity contribution in [3.8, 4) is 22.8 Å². The molecule has 184 valence electrons. The molecule has 0 atom stereocenters. The lowest BCUT2D eigenvalue weighted by Gasteiger charge is -2.28. The summed E-state index contributed by atoms with van der Waals surface area (Å²) in [6, 6.07) is 25.3. The zero-order valence-electron chi connectivity index (χ0n) is 19.0. The number of rotatable bonds is 6. The summed E-state index contributed by atoms with van der Waals surface area (Å²) in [5.41, 5.74) is 0.567. The third-order valence-electron chi connectivity index (χ3n) is 5.46. The minimum absolute atomic E-state index is 0.0150. The first-order chi connectivity index (χ1) is 17.9. The minimum Gasteiger partial charge on any atom is -0.733 e. The Morgan fingerprint density at radius 2 is 1.59 bits per heavy atom. The molecule has 0 unspecified atom stereocenters. The van der Waals surface area contributed by atoms with Crippen molar-refractivity contribution in [2.45, 2.75) is 0 Å². The minimum atomic E-state index is -0.672. The number of thiocarbonyl (C=S) groups is 1. The van der Waals surface area contributed by atoms with E-state index >= 15 is 0 Å². The van der Waals surface area contributed by atoms with E-state index in [9.17, 15) is 20.0 Å². The predicted molar refractivity (Wildman–Crippen MR) is 141 cm³/mol. The molecule has 0 radical (unpaired) electrons. The number of amides is 2. The number of carbonyl (C=O) groups is 2. The summed E-state index contributed by atoms with van der Waals surface area (Å²) < 4.78 is 11.5. The number of nitrogens with zero attached hydrogens (tertiary/aromatic N) is 2. The maximum Gasteiger partial charge on any atom is 0.270 e. The molecule has 10 heteroatoms. The van der Waals surface area contributed by atoms with Crippen LogP contribution < -0.4 is 20.2 Å². The van der Waals surface area contributed by atoms with Crippen molar-refractivity contribution in [2.24, 2.45) is 0 Å². The molecule has 0 spiro atoms. The first-order valence-corrected chi connectivity index (χ1v) is 11.4. The summed E-state index contributed by atoms with van der Waals surface area (Å²) >= 11 is 5.26. The molecule has 9 nitrogen and oxygen atoms in total. The van der Waals surface area contributed by atoms with Crippen LogP contribution in [0.5, 0.6) is 11.5 Å². The second-order valence-electron chi connectivity index (χ2n) is 7.86. The van der Waals surface area contributed by atoms with Crippen LogP contribution >= 0.6 is 12.2 Å². The lowest BCUT2D eigenvalue weighted by molar-refractivity contribution is -0.122. The van der Waals surface area contributed by atoms with Crippen LogP contribution in [0.15, 0.2) is 101 Å². The van der Waals surface area contributed by atoms with Gasteiger partial charge in [-0.2, -0.15) is 0 Å². The number of para-hydroxylation sites is 2. The van der Waals surface area contributed by atoms with Crippen molar-refractivity contribution in [3.63, 3.8) is 0 Å². The SMILES string of the molecule is O=C1NC(=S)N(c2ccc(Oc3ccccc3)cc2)C(=O)/C1=C/c1ccc(-c2ccccc2N([O-])O)o1. The Labute approximate surface area is 216 Å². The van der Waals surface area contributed by atoms with Crippen molar-refractivity contribution in [3.05, 3.63) is 108 Å². The normalized spacial score (nSPS) is 14.6. The fourth-order valence-corrected chi connectivity index (χ4v) is 4.03. The van der Waals surface area contributed by atoms with Gasteiger partial charge in [0, 0.05) is 5.56 Å². The highest BCUT2D eigenvalue weighted by Crippen LogP contribution is 2.32. The van der Waals surface area contributed by atoms with Crippen molar-refractivity contribution < 1.29 is 24.0 Å². The van der Waals surface area contributed by atoms with Crippen LogP contribution in [0.4, 0.5) is 11.4 Å². The first-order valence-electron chi connectivity index (χ1n) is 11.0. The topological polar surface area (TPSA) is 118 Å². The molecule has 37 heavy (non-hydrogen) atoms. The number of carbonyl (C=O) groups excluding carboxylic acids is 2. The number of hydrogen-bond acceptors (Lipinski definition) is 8. The summed E-state index contributed by atoms with van der Waals surface area (Å²) in [4.78, 5) is 27.1. The summed E-state index contributed by atoms with van der Waals surface area (Å²) in [5, 5.41) is 23.0. The van der Waals surface area contributed by atoms with Crippen LogP contribution in [0.2, 0.25) is 0 Å². The molecule has 1 fully saturated rings. The average molecular weight is 513 g/mol. The molecular weight excluding hydrogens is 494 g/mol. The van der Waals surface area contributed by atoms with Crippen molar-refractivity contribution in [1.82, 2.24) is 5.32 Å². The molecule has 1 aliphatic heterocycles. The zero-order chi connectivity index (χ0) is 25.9. The van der Waals surface area contributed by atoms with Crippen LogP contribution in [-0.4, -0.2) is 22.1 Å². The summed E-state index contributed by atoms with van der Waals surface area (Å²) in [6.07, 6.45) is 1.29. The Morgan fingerprint density at radius 3 is 2.32 bits per heavy atom. The monoisotopic (exact) mass is 512 g/mol. The number of nitrogens with one attached hydrogen (secondary N) is 1. The summed E-state index contributed by atoms with van der Waals surface area (Å²) in [6.45, 7) is 0. The van der Waals surface area contributed by atoms with Gasteiger partial charge in [-0.25, -0.2) is 0 Å². The van der Waals surface area contributed by atoms with E-state index in [1.165, 1.54) is 17.0 Å². The third kappa shape index (κ3) is 4.98. The molecular formula is C27H18N3O6S-. The van der Waals surface area contributed by atoms with Gasteiger partial charge in [-0.3, -0.25) is 25.0 Å². The molecule has 2 heterocycles. The number of ether oxygens (including phenoxy) is 1. The van der Waals surface area contributed by atoms with Gasteiger partial charge in [0.05, 0.1) is 11.4 Å². The van der Waals surface area contributed by atoms with Gasteiger partial charge < -0.3 is 19.6 Å². The predicted octanol–water partition coefficient (Wildman–Crippen LogP) is 5.26. The highest BCUT2D eigenvalue weighted by Gasteiger charge is 2.34. The van der Waals surface area contributed by atoms with E-state index in [0.717, 1.165) is 0 Å². The van der Waals surface area contributed by atoms with Gasteiger partial charge >= 0.3 is 0 Å². The quantitative estimate of drug-likeness (QED) is 0.155. The molecule has 0 aliphatic carbocycles. The first kappa shape index (κ1) is 23.9. The number of hydrogen-bond donors (Lipinski definition) is 2. The van der Waals surface area contributed by atoms with Crippen LogP contribution in [-0.2, 0) is 9.59 Å². The van der Waals surface area contributed by atoms with E-state index in [1.54, 1.807) is 54.6 Å². The molecule has 0 saturated carbocycles. The van der Waals surface area contributed by atoms with Crippen molar-refractivity contribution in [2.75, 3.05) is 10.1 Å². The van der Waals surface area contributed by atoms with E-state index in [1.807, 2.05) is 30.3 Å². The third-order valence-corrected chi connectivity index (χ3v) is 5.75. The lowest BCUT2D eigenvalue weighted by atomic mass is 10.1. The van der Waals surface area contributed by atoms with E-state index in [0.29, 0.717) is 22.7 Å². The maximum absolute atomic E-state index is 13.3. The Kier molecular flexibility index (Phi) is 6.52. The van der Waals surface area contributed by atoms with E-state index in [-0.39, 0.29) is 33.1 Å². The van der Waals surface area contributed by atoms with E-state index in [2.05, 4.69) is 5.32 Å². The lowest BCUT2D eigenvalue weighted by Crippen LogP contribution is -2.54. The second kappa shape index (κ2) is 10.1. The Bertz CT molecular complexity index is 1510.